The van der Waals surface area contributed by atoms with Crippen LogP contribution in [0.2, 0.25) is 0 Å². The molecule has 0 atom stereocenters. The maximum absolute atomic E-state index is 11.1. The minimum atomic E-state index is -1.20. The van der Waals surface area contributed by atoms with Gasteiger partial charge in [-0.2, -0.15) is 0 Å². The van der Waals surface area contributed by atoms with Crippen molar-refractivity contribution < 1.29 is 9.90 Å². The lowest BCUT2D eigenvalue weighted by atomic mass is 10.0. The van der Waals surface area contributed by atoms with Crippen LogP contribution in [0.5, 0.6) is 0 Å². The average molecular weight is 474 g/mol. The number of hydrogen-bond donors (Lipinski definition) is 3. The molecule has 1 aliphatic heterocycles. The predicted molar refractivity (Wildman–Crippen MR) is 132 cm³/mol. The molecule has 11 heteroatoms. The van der Waals surface area contributed by atoms with Crippen LogP contribution in [0.4, 0.5) is 10.7 Å². The molecule has 11 nitrogen and oxygen atoms in total. The molecule has 0 unspecified atom stereocenters. The third-order valence-electron chi connectivity index (χ3n) is 6.16. The summed E-state index contributed by atoms with van der Waals surface area (Å²) in [6.07, 6.45) is 5.74. The number of fused-ring (bicyclic) bond motifs is 1. The molecular formula is C24H27N9O2. The van der Waals surface area contributed by atoms with Gasteiger partial charge in [-0.1, -0.05) is 0 Å². The van der Waals surface area contributed by atoms with Gasteiger partial charge in [0.05, 0.1) is 12.1 Å². The lowest BCUT2D eigenvalue weighted by Crippen LogP contribution is -2.48. The number of carbonyl (C=O) groups is 1. The lowest BCUT2D eigenvalue weighted by Gasteiger charge is -2.36. The van der Waals surface area contributed by atoms with Gasteiger partial charge in [0.25, 0.3) is 0 Å². The molecule has 180 valence electrons. The van der Waals surface area contributed by atoms with E-state index in [1.54, 1.807) is 18.5 Å². The van der Waals surface area contributed by atoms with E-state index < -0.39 is 6.09 Å². The van der Waals surface area contributed by atoms with Gasteiger partial charge in [0.1, 0.15) is 11.3 Å². The normalized spacial score (nSPS) is 15.1. The molecule has 1 saturated heterocycles. The van der Waals surface area contributed by atoms with Crippen molar-refractivity contribution >= 4 is 23.1 Å². The number of nitrogens with one attached hydrogen (secondary N) is 2. The summed E-state index contributed by atoms with van der Waals surface area (Å²) < 4.78 is 0. The zero-order valence-corrected chi connectivity index (χ0v) is 19.6. The summed E-state index contributed by atoms with van der Waals surface area (Å²) in [5.41, 5.74) is 3.59. The molecule has 4 heterocycles. The lowest BCUT2D eigenvalue weighted by molar-refractivity contribution is 0.102. The van der Waals surface area contributed by atoms with E-state index in [1.807, 2.05) is 24.5 Å². The van der Waals surface area contributed by atoms with Crippen LogP contribution in [0, 0.1) is 0 Å². The highest BCUT2D eigenvalue weighted by molar-refractivity contribution is 5.96. The van der Waals surface area contributed by atoms with Crippen molar-refractivity contribution in [2.45, 2.75) is 26.4 Å². The predicted octanol–water partition coefficient (Wildman–Crippen LogP) is 3.09. The fourth-order valence-corrected chi connectivity index (χ4v) is 4.28. The van der Waals surface area contributed by atoms with Crippen molar-refractivity contribution in [1.29, 1.82) is 0 Å². The highest BCUT2D eigenvalue weighted by atomic mass is 16.4. The molecule has 1 fully saturated rings. The smallest absolute Gasteiger partial charge is 0.411 e. The molecule has 3 N–H and O–H groups in total. The van der Waals surface area contributed by atoms with Gasteiger partial charge < -0.3 is 10.1 Å². The molecule has 1 aromatic carbocycles. The number of aromatic amines is 1. The van der Waals surface area contributed by atoms with Gasteiger partial charge in [-0.3, -0.25) is 15.1 Å². The molecule has 0 aliphatic carbocycles. The number of hydrogen-bond acceptors (Lipinski definition) is 8. The topological polar surface area (TPSA) is 136 Å². The maximum atomic E-state index is 11.1. The van der Waals surface area contributed by atoms with Gasteiger partial charge in [-0.15, -0.1) is 0 Å². The molecular weight excluding hydrogens is 446 g/mol. The molecule has 5 rings (SSSR count). The first kappa shape index (κ1) is 22.8. The molecule has 0 saturated carbocycles. The molecule has 0 radical (unpaired) electrons. The van der Waals surface area contributed by atoms with E-state index in [2.05, 4.69) is 58.9 Å². The van der Waals surface area contributed by atoms with Crippen LogP contribution in [0.1, 0.15) is 19.7 Å². The molecule has 1 amide bonds. The number of imidazole rings is 1. The zero-order chi connectivity index (χ0) is 24.4. The monoisotopic (exact) mass is 473 g/mol. The molecule has 3 aromatic heterocycles. The number of rotatable bonds is 6. The van der Waals surface area contributed by atoms with E-state index in [0.717, 1.165) is 49.7 Å². The number of amides is 1. The largest absolute Gasteiger partial charge is 0.465 e. The van der Waals surface area contributed by atoms with Crippen LogP contribution >= 0.6 is 0 Å². The Hall–Kier alpha value is -3.96. The van der Waals surface area contributed by atoms with Crippen LogP contribution in [-0.4, -0.2) is 83.1 Å². The van der Waals surface area contributed by atoms with Crippen molar-refractivity contribution in [3.63, 3.8) is 0 Å². The van der Waals surface area contributed by atoms with E-state index in [0.29, 0.717) is 28.5 Å². The minimum absolute atomic E-state index is 0.131. The minimum Gasteiger partial charge on any atom is -0.465 e. The zero-order valence-electron chi connectivity index (χ0n) is 19.6. The Kier molecular flexibility index (Phi) is 6.34. The molecule has 1 aliphatic rings. The van der Waals surface area contributed by atoms with Gasteiger partial charge >= 0.3 is 6.09 Å². The first-order valence-electron chi connectivity index (χ1n) is 11.5. The van der Waals surface area contributed by atoms with Crippen molar-refractivity contribution in [2.24, 2.45) is 0 Å². The Morgan fingerprint density at radius 2 is 1.77 bits per heavy atom. The summed E-state index contributed by atoms with van der Waals surface area (Å²) in [7, 11) is 0. The summed E-state index contributed by atoms with van der Waals surface area (Å²) >= 11 is 0. The Bertz CT molecular complexity index is 1310. The maximum Gasteiger partial charge on any atom is 0.411 e. The Labute approximate surface area is 202 Å². The second-order valence-electron chi connectivity index (χ2n) is 8.80. The number of carboxylic acid groups (broad SMARTS) is 1. The molecule has 35 heavy (non-hydrogen) atoms. The number of nitrogens with zero attached hydrogens (tertiary/aromatic N) is 7. The van der Waals surface area contributed by atoms with E-state index >= 15 is 0 Å². The Morgan fingerprint density at radius 3 is 2.43 bits per heavy atom. The third kappa shape index (κ3) is 5.10. The fourth-order valence-electron chi connectivity index (χ4n) is 4.28. The van der Waals surface area contributed by atoms with Crippen LogP contribution in [0.25, 0.3) is 33.5 Å². The summed E-state index contributed by atoms with van der Waals surface area (Å²) in [4.78, 5) is 41.3. The molecule has 4 aromatic rings. The average Bonchev–Trinajstić information content (AvgIpc) is 3.26. The van der Waals surface area contributed by atoms with E-state index in [9.17, 15) is 4.79 Å². The quantitative estimate of drug-likeness (QED) is 0.386. The van der Waals surface area contributed by atoms with Gasteiger partial charge in [0, 0.05) is 68.1 Å². The standard InChI is InChI=1S/C24H27N9O2/c1-15(2)33-8-6-32(7-9-33)14-20-27-12-17(13-28-20)16-10-18(22-25-4-3-5-26-22)21-19(11-16)29-23(30-21)31-24(34)35/h3-5,10-13,15H,6-9,14H2,1-2H3,(H,34,35)(H2,29,30,31). The van der Waals surface area contributed by atoms with E-state index in [4.69, 9.17) is 5.11 Å². The van der Waals surface area contributed by atoms with Crippen molar-refractivity contribution in [3.8, 4) is 22.5 Å². The SMILES string of the molecule is CC(C)N1CCN(Cc2ncc(-c3cc(-c4ncccn4)c4nc(NC(=O)O)[nH]c4c3)cn2)CC1. The van der Waals surface area contributed by atoms with Crippen LogP contribution in [-0.2, 0) is 6.54 Å². The second kappa shape index (κ2) is 9.72. The van der Waals surface area contributed by atoms with Crippen LogP contribution in [0.3, 0.4) is 0 Å². The number of anilines is 1. The Morgan fingerprint density at radius 1 is 1.06 bits per heavy atom. The first-order valence-corrected chi connectivity index (χ1v) is 11.5. The van der Waals surface area contributed by atoms with Gasteiger partial charge in [0.2, 0.25) is 5.95 Å². The summed E-state index contributed by atoms with van der Waals surface area (Å²) in [5.74, 6) is 1.41. The number of benzene rings is 1. The molecule has 0 spiro atoms. The summed E-state index contributed by atoms with van der Waals surface area (Å²) in [6, 6.07) is 6.13. The van der Waals surface area contributed by atoms with Gasteiger partial charge in [-0.25, -0.2) is 29.7 Å². The van der Waals surface area contributed by atoms with Crippen LogP contribution < -0.4 is 5.32 Å². The first-order chi connectivity index (χ1) is 17.0. The van der Waals surface area contributed by atoms with Crippen LogP contribution in [0.15, 0.2) is 43.0 Å². The Balaban J connectivity index is 1.41. The fraction of sp³-hybridized carbons (Fsp3) is 0.333. The molecule has 0 bridgehead atoms. The summed E-state index contributed by atoms with van der Waals surface area (Å²) in [6.45, 7) is 9.32. The second-order valence-corrected chi connectivity index (χ2v) is 8.80. The highest BCUT2D eigenvalue weighted by Gasteiger charge is 2.20. The van der Waals surface area contributed by atoms with E-state index in [1.165, 1.54) is 0 Å². The summed E-state index contributed by atoms with van der Waals surface area (Å²) in [5, 5.41) is 11.3. The van der Waals surface area contributed by atoms with Crippen molar-refractivity contribution in [3.05, 3.63) is 48.8 Å². The number of piperazine rings is 1. The third-order valence-corrected chi connectivity index (χ3v) is 6.16. The highest BCUT2D eigenvalue weighted by Crippen LogP contribution is 2.32. The van der Waals surface area contributed by atoms with Gasteiger partial charge in [-0.05, 0) is 37.6 Å². The van der Waals surface area contributed by atoms with Crippen molar-refractivity contribution in [2.75, 3.05) is 31.5 Å². The number of H-pyrrole nitrogens is 1. The van der Waals surface area contributed by atoms with Gasteiger partial charge in [0.15, 0.2) is 5.82 Å². The van der Waals surface area contributed by atoms with E-state index in [-0.39, 0.29) is 5.95 Å². The number of aromatic nitrogens is 6. The van der Waals surface area contributed by atoms with Crippen molar-refractivity contribution in [1.82, 2.24) is 39.7 Å².